The molecule has 7 heteroatoms. The van der Waals surface area contributed by atoms with Crippen LogP contribution in [0.25, 0.3) is 11.1 Å². The van der Waals surface area contributed by atoms with Crippen LogP contribution in [0.5, 0.6) is 0 Å². The van der Waals surface area contributed by atoms with Crippen LogP contribution in [0, 0.1) is 0 Å². The quantitative estimate of drug-likeness (QED) is 0.734. The number of sulfonamides is 1. The largest absolute Gasteiger partial charge is 0.317 e. The van der Waals surface area contributed by atoms with Crippen molar-refractivity contribution in [3.05, 3.63) is 67.3 Å². The van der Waals surface area contributed by atoms with Crippen molar-refractivity contribution < 1.29 is 8.42 Å². The Morgan fingerprint density at radius 2 is 1.67 bits per heavy atom. The van der Waals surface area contributed by atoms with Gasteiger partial charge in [-0.05, 0) is 48.9 Å². The van der Waals surface area contributed by atoms with E-state index in [0.29, 0.717) is 4.90 Å². The maximum Gasteiger partial charge on any atom is 0.240 e. The van der Waals surface area contributed by atoms with Crippen molar-refractivity contribution in [3.8, 4) is 11.1 Å². The zero-order valence-electron chi connectivity index (χ0n) is 14.9. The number of hydrogen-bond donors (Lipinski definition) is 1. The van der Waals surface area contributed by atoms with Crippen LogP contribution in [0.2, 0.25) is 0 Å². The van der Waals surface area contributed by atoms with Gasteiger partial charge in [0.05, 0.1) is 4.90 Å². The van der Waals surface area contributed by atoms with Crippen LogP contribution in [0.4, 0.5) is 0 Å². The van der Waals surface area contributed by atoms with E-state index < -0.39 is 10.0 Å². The molecule has 0 radical (unpaired) electrons. The van der Waals surface area contributed by atoms with E-state index in [1.807, 2.05) is 41.0 Å². The Labute approximate surface area is 159 Å². The lowest BCUT2D eigenvalue weighted by molar-refractivity contribution is 0.305. The van der Waals surface area contributed by atoms with Crippen molar-refractivity contribution in [3.63, 3.8) is 0 Å². The van der Waals surface area contributed by atoms with Crippen molar-refractivity contribution in [1.29, 1.82) is 0 Å². The van der Waals surface area contributed by atoms with E-state index in [-0.39, 0.29) is 12.1 Å². The molecule has 0 saturated heterocycles. The van der Waals surface area contributed by atoms with Crippen molar-refractivity contribution in [1.82, 2.24) is 19.5 Å². The molecule has 2 unspecified atom stereocenters. The Morgan fingerprint density at radius 3 is 2.44 bits per heavy atom. The van der Waals surface area contributed by atoms with Gasteiger partial charge in [0.1, 0.15) is 12.7 Å². The van der Waals surface area contributed by atoms with Gasteiger partial charge in [0, 0.05) is 12.1 Å². The number of nitrogens with one attached hydrogen (secondary N) is 1. The average Bonchev–Trinajstić information content (AvgIpc) is 3.24. The number of nitrogens with zero attached hydrogens (tertiary/aromatic N) is 3. The summed E-state index contributed by atoms with van der Waals surface area (Å²) < 4.78 is 30.7. The monoisotopic (exact) mass is 382 g/mol. The summed E-state index contributed by atoms with van der Waals surface area (Å²) in [5.74, 6) is 0. The first-order chi connectivity index (χ1) is 13.1. The molecular formula is C20H22N4O2S. The van der Waals surface area contributed by atoms with Crippen LogP contribution >= 0.6 is 0 Å². The number of benzene rings is 2. The third-order valence-electron chi connectivity index (χ3n) is 5.08. The number of hydrogen-bond acceptors (Lipinski definition) is 4. The predicted molar refractivity (Wildman–Crippen MR) is 104 cm³/mol. The lowest BCUT2D eigenvalue weighted by atomic mass is 9.91. The van der Waals surface area contributed by atoms with E-state index in [1.165, 1.54) is 0 Å². The summed E-state index contributed by atoms with van der Waals surface area (Å²) in [6, 6.07) is 17.0. The fourth-order valence-corrected chi connectivity index (χ4v) is 5.03. The minimum Gasteiger partial charge on any atom is -0.317 e. The predicted octanol–water partition coefficient (Wildman–Crippen LogP) is 3.41. The van der Waals surface area contributed by atoms with Gasteiger partial charge < -0.3 is 4.57 Å². The molecule has 2 atom stereocenters. The molecule has 1 N–H and O–H groups in total. The van der Waals surface area contributed by atoms with Gasteiger partial charge in [0.15, 0.2) is 0 Å². The minimum absolute atomic E-state index is 0.0865. The molecule has 3 aromatic rings. The van der Waals surface area contributed by atoms with Gasteiger partial charge in [0.2, 0.25) is 10.0 Å². The van der Waals surface area contributed by atoms with Crippen molar-refractivity contribution in [2.24, 2.45) is 0 Å². The summed E-state index contributed by atoms with van der Waals surface area (Å²) in [6.45, 7) is 0. The second-order valence-electron chi connectivity index (χ2n) is 6.94. The molecule has 4 rings (SSSR count). The van der Waals surface area contributed by atoms with Gasteiger partial charge in [-0.1, -0.05) is 42.5 Å². The van der Waals surface area contributed by atoms with Crippen LogP contribution in [-0.4, -0.2) is 29.2 Å². The molecule has 1 fully saturated rings. The van der Waals surface area contributed by atoms with Crippen LogP contribution in [0.3, 0.4) is 0 Å². The second-order valence-corrected chi connectivity index (χ2v) is 8.66. The minimum atomic E-state index is -3.57. The highest BCUT2D eigenvalue weighted by Gasteiger charge is 2.27. The Bertz CT molecular complexity index is 988. The molecule has 140 valence electrons. The Hall–Kier alpha value is -2.51. The highest BCUT2D eigenvalue weighted by atomic mass is 32.2. The standard InChI is InChI=1S/C20H22N4O2S/c25-27(26,20-11-4-8-17(12-20)16-6-2-1-3-7-16)23-18-9-5-10-19(13-18)24-14-21-22-15-24/h1-4,6-8,11-12,14-15,18-19,23H,5,9-10,13H2. The lowest BCUT2D eigenvalue weighted by Crippen LogP contribution is -2.38. The summed E-state index contributed by atoms with van der Waals surface area (Å²) in [5, 5.41) is 7.71. The maximum absolute atomic E-state index is 12.9. The molecule has 0 aliphatic heterocycles. The smallest absolute Gasteiger partial charge is 0.240 e. The van der Waals surface area contributed by atoms with Gasteiger partial charge in [-0.2, -0.15) is 0 Å². The van der Waals surface area contributed by atoms with E-state index in [1.54, 1.807) is 30.9 Å². The first-order valence-corrected chi connectivity index (χ1v) is 10.6. The van der Waals surface area contributed by atoms with Crippen LogP contribution in [-0.2, 0) is 10.0 Å². The highest BCUT2D eigenvalue weighted by Crippen LogP contribution is 2.29. The fraction of sp³-hybridized carbons (Fsp3) is 0.300. The molecule has 0 bridgehead atoms. The summed E-state index contributed by atoms with van der Waals surface area (Å²) in [4.78, 5) is 0.301. The fourth-order valence-electron chi connectivity index (χ4n) is 3.70. The van der Waals surface area contributed by atoms with E-state index in [0.717, 1.165) is 36.8 Å². The van der Waals surface area contributed by atoms with Crippen molar-refractivity contribution in [2.75, 3.05) is 0 Å². The van der Waals surface area contributed by atoms with E-state index in [9.17, 15) is 8.42 Å². The average molecular weight is 382 g/mol. The topological polar surface area (TPSA) is 76.9 Å². The van der Waals surface area contributed by atoms with Crippen LogP contribution < -0.4 is 4.72 Å². The van der Waals surface area contributed by atoms with Crippen molar-refractivity contribution >= 4 is 10.0 Å². The molecule has 1 saturated carbocycles. The number of aromatic nitrogens is 3. The van der Waals surface area contributed by atoms with E-state index >= 15 is 0 Å². The third-order valence-corrected chi connectivity index (χ3v) is 6.60. The summed E-state index contributed by atoms with van der Waals surface area (Å²) in [6.07, 6.45) is 6.97. The first-order valence-electron chi connectivity index (χ1n) is 9.14. The molecule has 0 spiro atoms. The van der Waals surface area contributed by atoms with Crippen LogP contribution in [0.1, 0.15) is 31.7 Å². The Morgan fingerprint density at radius 1 is 0.926 bits per heavy atom. The Kier molecular flexibility index (Phi) is 5.05. The molecule has 1 aromatic heterocycles. The Balaban J connectivity index is 1.52. The summed E-state index contributed by atoms with van der Waals surface area (Å²) in [7, 11) is -3.57. The van der Waals surface area contributed by atoms with Gasteiger partial charge >= 0.3 is 0 Å². The van der Waals surface area contributed by atoms with Crippen molar-refractivity contribution in [2.45, 2.75) is 42.7 Å². The second kappa shape index (κ2) is 7.62. The molecular weight excluding hydrogens is 360 g/mol. The van der Waals surface area contributed by atoms with E-state index in [4.69, 9.17) is 0 Å². The van der Waals surface area contributed by atoms with Gasteiger partial charge in [-0.15, -0.1) is 10.2 Å². The van der Waals surface area contributed by atoms with Gasteiger partial charge in [-0.25, -0.2) is 13.1 Å². The van der Waals surface area contributed by atoms with Gasteiger partial charge in [-0.3, -0.25) is 0 Å². The normalized spacial score (nSPS) is 20.4. The third kappa shape index (κ3) is 4.09. The van der Waals surface area contributed by atoms with E-state index in [2.05, 4.69) is 14.9 Å². The molecule has 6 nitrogen and oxygen atoms in total. The maximum atomic E-state index is 12.9. The highest BCUT2D eigenvalue weighted by molar-refractivity contribution is 7.89. The first kappa shape index (κ1) is 17.9. The molecule has 1 heterocycles. The summed E-state index contributed by atoms with van der Waals surface area (Å²) in [5.41, 5.74) is 1.89. The van der Waals surface area contributed by atoms with Gasteiger partial charge in [0.25, 0.3) is 0 Å². The lowest BCUT2D eigenvalue weighted by Gasteiger charge is -2.30. The SMILES string of the molecule is O=S(=O)(NC1CCCC(n2cnnc2)C1)c1cccc(-c2ccccc2)c1. The number of rotatable bonds is 5. The zero-order valence-corrected chi connectivity index (χ0v) is 15.7. The van der Waals surface area contributed by atoms with Crippen LogP contribution in [0.15, 0.2) is 72.1 Å². The zero-order chi connectivity index (χ0) is 18.7. The molecule has 27 heavy (non-hydrogen) atoms. The molecule has 2 aromatic carbocycles. The molecule has 1 aliphatic rings. The summed E-state index contributed by atoms with van der Waals surface area (Å²) >= 11 is 0. The molecule has 1 aliphatic carbocycles. The molecule has 0 amide bonds.